The fraction of sp³-hybridized carbons (Fsp3) is 0.231. The van der Waals surface area contributed by atoms with Gasteiger partial charge in [-0.1, -0.05) is 0 Å². The van der Waals surface area contributed by atoms with Gasteiger partial charge >= 0.3 is 6.18 Å². The lowest BCUT2D eigenvalue weighted by atomic mass is 10.2. The number of amides is 1. The minimum atomic E-state index is -4.65. The SMILES string of the molecule is Cc1cc(S(=O)(=O)NC(=O)c2ccc(C(F)(F)F)nc2)c(C)o1. The molecular formula is C13H11F3N2O4S. The molecule has 0 radical (unpaired) electrons. The number of aromatic nitrogens is 1. The van der Waals surface area contributed by atoms with Crippen LogP contribution in [0.1, 0.15) is 27.6 Å². The summed E-state index contributed by atoms with van der Waals surface area (Å²) in [6, 6.07) is 2.67. The van der Waals surface area contributed by atoms with Crippen LogP contribution in [0.2, 0.25) is 0 Å². The molecule has 2 aromatic heterocycles. The zero-order valence-corrected chi connectivity index (χ0v) is 12.7. The van der Waals surface area contributed by atoms with Crippen molar-refractivity contribution in [1.29, 1.82) is 0 Å². The van der Waals surface area contributed by atoms with Crippen molar-refractivity contribution in [3.63, 3.8) is 0 Å². The van der Waals surface area contributed by atoms with Gasteiger partial charge in [-0.15, -0.1) is 0 Å². The smallest absolute Gasteiger partial charge is 0.433 e. The molecule has 0 saturated heterocycles. The summed E-state index contributed by atoms with van der Waals surface area (Å²) in [5.41, 5.74) is -1.50. The van der Waals surface area contributed by atoms with Gasteiger partial charge in [0.25, 0.3) is 15.9 Å². The number of nitrogens with one attached hydrogen (secondary N) is 1. The maximum Gasteiger partial charge on any atom is 0.433 e. The summed E-state index contributed by atoms with van der Waals surface area (Å²) in [4.78, 5) is 14.7. The van der Waals surface area contributed by atoms with Crippen molar-refractivity contribution in [2.45, 2.75) is 24.9 Å². The molecule has 23 heavy (non-hydrogen) atoms. The fourth-order valence-electron chi connectivity index (χ4n) is 1.81. The van der Waals surface area contributed by atoms with E-state index in [0.29, 0.717) is 18.0 Å². The molecule has 2 rings (SSSR count). The topological polar surface area (TPSA) is 89.3 Å². The fourth-order valence-corrected chi connectivity index (χ4v) is 3.02. The van der Waals surface area contributed by atoms with Crippen molar-refractivity contribution < 1.29 is 30.8 Å². The third-order valence-corrected chi connectivity index (χ3v) is 4.27. The molecule has 0 atom stereocenters. The number of carbonyl (C=O) groups excluding carboxylic acids is 1. The Bertz CT molecular complexity index is 839. The van der Waals surface area contributed by atoms with E-state index in [1.54, 1.807) is 4.72 Å². The van der Waals surface area contributed by atoms with Gasteiger partial charge in [-0.3, -0.25) is 9.78 Å². The van der Waals surface area contributed by atoms with Gasteiger partial charge in [0.2, 0.25) is 0 Å². The van der Waals surface area contributed by atoms with Crippen molar-refractivity contribution in [2.75, 3.05) is 0 Å². The van der Waals surface area contributed by atoms with Crippen LogP contribution in [0.25, 0.3) is 0 Å². The number of alkyl halides is 3. The molecule has 0 aromatic carbocycles. The van der Waals surface area contributed by atoms with Gasteiger partial charge in [0.15, 0.2) is 0 Å². The average Bonchev–Trinajstić information content (AvgIpc) is 2.77. The monoisotopic (exact) mass is 348 g/mol. The van der Waals surface area contributed by atoms with E-state index in [1.807, 2.05) is 0 Å². The molecule has 0 aliphatic carbocycles. The molecule has 6 nitrogen and oxygen atoms in total. The Morgan fingerprint density at radius 3 is 2.35 bits per heavy atom. The Kier molecular flexibility index (Phi) is 4.20. The van der Waals surface area contributed by atoms with E-state index < -0.39 is 27.8 Å². The van der Waals surface area contributed by atoms with Crippen LogP contribution in [0.3, 0.4) is 0 Å². The standard InChI is InChI=1S/C13H11F3N2O4S/c1-7-5-10(8(2)22-7)23(20,21)18-12(19)9-3-4-11(17-6-9)13(14,15)16/h3-6H,1-2H3,(H,18,19). The predicted molar refractivity (Wildman–Crippen MR) is 72.1 cm³/mol. The van der Waals surface area contributed by atoms with Gasteiger partial charge in [0, 0.05) is 12.3 Å². The number of pyridine rings is 1. The van der Waals surface area contributed by atoms with Gasteiger partial charge in [-0.2, -0.15) is 13.2 Å². The summed E-state index contributed by atoms with van der Waals surface area (Å²) in [7, 11) is -4.20. The second-order valence-corrected chi connectivity index (χ2v) is 6.29. The molecule has 10 heteroatoms. The lowest BCUT2D eigenvalue weighted by Crippen LogP contribution is -2.31. The molecule has 1 N–H and O–H groups in total. The number of hydrogen-bond donors (Lipinski definition) is 1. The van der Waals surface area contributed by atoms with Crippen molar-refractivity contribution in [3.05, 3.63) is 47.2 Å². The van der Waals surface area contributed by atoms with Crippen LogP contribution >= 0.6 is 0 Å². The van der Waals surface area contributed by atoms with E-state index >= 15 is 0 Å². The lowest BCUT2D eigenvalue weighted by molar-refractivity contribution is -0.141. The summed E-state index contributed by atoms with van der Waals surface area (Å²) < 4.78 is 68.2. The van der Waals surface area contributed by atoms with Crippen molar-refractivity contribution in [1.82, 2.24) is 9.71 Å². The third-order valence-electron chi connectivity index (χ3n) is 2.83. The third kappa shape index (κ3) is 3.70. The minimum absolute atomic E-state index is 0.0911. The highest BCUT2D eigenvalue weighted by atomic mass is 32.2. The van der Waals surface area contributed by atoms with E-state index in [-0.39, 0.29) is 16.2 Å². The molecule has 0 fully saturated rings. The molecule has 2 heterocycles. The van der Waals surface area contributed by atoms with Crippen molar-refractivity contribution in [3.8, 4) is 0 Å². The van der Waals surface area contributed by atoms with Crippen LogP contribution in [0.5, 0.6) is 0 Å². The minimum Gasteiger partial charge on any atom is -0.465 e. The molecule has 2 aromatic rings. The van der Waals surface area contributed by atoms with Crippen molar-refractivity contribution in [2.24, 2.45) is 0 Å². The van der Waals surface area contributed by atoms with Crippen LogP contribution in [-0.4, -0.2) is 19.3 Å². The number of carbonyl (C=O) groups is 1. The predicted octanol–water partition coefficient (Wildman–Crippen LogP) is 2.43. The van der Waals surface area contributed by atoms with E-state index in [9.17, 15) is 26.4 Å². The second-order valence-electron chi connectivity index (χ2n) is 4.64. The molecule has 124 valence electrons. The highest BCUT2D eigenvalue weighted by Crippen LogP contribution is 2.27. The maximum atomic E-state index is 12.4. The number of halogens is 3. The normalized spacial score (nSPS) is 12.2. The van der Waals surface area contributed by atoms with Gasteiger partial charge < -0.3 is 4.42 Å². The number of hydrogen-bond acceptors (Lipinski definition) is 5. The van der Waals surface area contributed by atoms with Crippen molar-refractivity contribution >= 4 is 15.9 Å². The summed E-state index contributed by atoms with van der Waals surface area (Å²) in [6.45, 7) is 2.94. The summed E-state index contributed by atoms with van der Waals surface area (Å²) in [6.07, 6.45) is -3.99. The van der Waals surface area contributed by atoms with Crippen LogP contribution in [-0.2, 0) is 16.2 Å². The molecule has 0 aliphatic rings. The van der Waals surface area contributed by atoms with E-state index in [4.69, 9.17) is 4.42 Å². The first-order valence-corrected chi connectivity index (χ1v) is 7.66. The summed E-state index contributed by atoms with van der Waals surface area (Å²) in [5, 5.41) is 0. The highest BCUT2D eigenvalue weighted by Gasteiger charge is 2.32. The zero-order chi connectivity index (χ0) is 17.4. The van der Waals surface area contributed by atoms with Gasteiger partial charge in [-0.25, -0.2) is 13.1 Å². The Morgan fingerprint density at radius 1 is 1.26 bits per heavy atom. The molecule has 1 amide bonds. The molecule has 0 bridgehead atoms. The van der Waals surface area contributed by atoms with Crippen LogP contribution in [0.4, 0.5) is 13.2 Å². The van der Waals surface area contributed by atoms with Gasteiger partial charge in [0.05, 0.1) is 5.56 Å². The molecule has 0 unspecified atom stereocenters. The van der Waals surface area contributed by atoms with E-state index in [0.717, 1.165) is 6.07 Å². The second kappa shape index (κ2) is 5.69. The molecule has 0 aliphatic heterocycles. The number of aryl methyl sites for hydroxylation is 2. The summed E-state index contributed by atoms with van der Waals surface area (Å²) >= 11 is 0. The largest absolute Gasteiger partial charge is 0.465 e. The highest BCUT2D eigenvalue weighted by molar-refractivity contribution is 7.90. The first kappa shape index (κ1) is 17.0. The van der Waals surface area contributed by atoms with Gasteiger partial charge in [0.1, 0.15) is 22.1 Å². The Hall–Kier alpha value is -2.36. The van der Waals surface area contributed by atoms with Crippen LogP contribution < -0.4 is 4.72 Å². The number of sulfonamides is 1. The number of furan rings is 1. The van der Waals surface area contributed by atoms with E-state index in [2.05, 4.69) is 4.98 Å². The molecule has 0 saturated carbocycles. The Balaban J connectivity index is 2.23. The number of rotatable bonds is 3. The summed E-state index contributed by atoms with van der Waals surface area (Å²) in [5.74, 6) is -0.663. The quantitative estimate of drug-likeness (QED) is 0.920. The van der Waals surface area contributed by atoms with Crippen LogP contribution in [0, 0.1) is 13.8 Å². The first-order chi connectivity index (χ1) is 10.5. The van der Waals surface area contributed by atoms with Crippen LogP contribution in [0.15, 0.2) is 33.7 Å². The van der Waals surface area contributed by atoms with E-state index in [1.165, 1.54) is 19.9 Å². The molecule has 0 spiro atoms. The lowest BCUT2D eigenvalue weighted by Gasteiger charge is -2.08. The number of nitrogens with zero attached hydrogens (tertiary/aromatic N) is 1. The Morgan fingerprint density at radius 2 is 1.91 bits per heavy atom. The molecular weight excluding hydrogens is 337 g/mol. The maximum absolute atomic E-state index is 12.4. The zero-order valence-electron chi connectivity index (χ0n) is 11.9. The van der Waals surface area contributed by atoms with Gasteiger partial charge in [-0.05, 0) is 26.0 Å². The Labute approximate surface area is 129 Å². The first-order valence-electron chi connectivity index (χ1n) is 6.18. The average molecular weight is 348 g/mol.